The van der Waals surface area contributed by atoms with E-state index in [0.717, 1.165) is 44.7 Å². The van der Waals surface area contributed by atoms with Gasteiger partial charge < -0.3 is 9.72 Å². The highest BCUT2D eigenvalue weighted by atomic mass is 35.5. The summed E-state index contributed by atoms with van der Waals surface area (Å²) < 4.78 is 6.06. The summed E-state index contributed by atoms with van der Waals surface area (Å²) in [6.45, 7) is 4.06. The largest absolute Gasteiger partial charge is 0.486 e. The van der Waals surface area contributed by atoms with Gasteiger partial charge in [0.1, 0.15) is 17.7 Å². The van der Waals surface area contributed by atoms with E-state index in [2.05, 4.69) is 29.0 Å². The van der Waals surface area contributed by atoms with Crippen molar-refractivity contribution in [2.75, 3.05) is 0 Å². The first-order valence-electron chi connectivity index (χ1n) is 9.25. The number of ether oxygens (including phenoxy) is 1. The molecule has 1 atom stereocenters. The van der Waals surface area contributed by atoms with Gasteiger partial charge in [0.15, 0.2) is 0 Å². The number of aryl methyl sites for hydroxylation is 1. The quantitative estimate of drug-likeness (QED) is 0.406. The molecule has 4 aromatic rings. The molecule has 0 aliphatic rings. The minimum atomic E-state index is -0.00517. The smallest absolute Gasteiger partial charge is 0.138 e. The lowest BCUT2D eigenvalue weighted by Crippen LogP contribution is -2.02. The van der Waals surface area contributed by atoms with E-state index in [4.69, 9.17) is 16.3 Å². The van der Waals surface area contributed by atoms with Crippen molar-refractivity contribution >= 4 is 11.6 Å². The van der Waals surface area contributed by atoms with Gasteiger partial charge in [0.2, 0.25) is 0 Å². The van der Waals surface area contributed by atoms with Crippen LogP contribution in [-0.4, -0.2) is 9.97 Å². The Hall–Kier alpha value is -3.04. The molecule has 0 fully saturated rings. The first-order valence-corrected chi connectivity index (χ1v) is 9.62. The highest BCUT2D eigenvalue weighted by Gasteiger charge is 2.11. The second-order valence-electron chi connectivity index (χ2n) is 6.75. The van der Waals surface area contributed by atoms with Crippen LogP contribution in [-0.2, 0) is 0 Å². The summed E-state index contributed by atoms with van der Waals surface area (Å²) in [6.07, 6.45) is -0.00517. The van der Waals surface area contributed by atoms with Crippen molar-refractivity contribution in [3.63, 3.8) is 0 Å². The summed E-state index contributed by atoms with van der Waals surface area (Å²) in [5.41, 5.74) is 5.20. The zero-order valence-electron chi connectivity index (χ0n) is 15.8. The molecule has 0 amide bonds. The molecule has 0 aliphatic heterocycles. The van der Waals surface area contributed by atoms with Gasteiger partial charge >= 0.3 is 0 Å². The Morgan fingerprint density at radius 2 is 1.50 bits per heavy atom. The molecule has 3 nitrogen and oxygen atoms in total. The fraction of sp³-hybridized carbons (Fsp3) is 0.125. The fourth-order valence-electron chi connectivity index (χ4n) is 3.18. The second kappa shape index (κ2) is 7.91. The molecule has 0 radical (unpaired) electrons. The number of rotatable bonds is 5. The lowest BCUT2D eigenvalue weighted by molar-refractivity contribution is 0.227. The third-order valence-electron chi connectivity index (χ3n) is 4.73. The Kier molecular flexibility index (Phi) is 5.18. The number of imidazole rings is 1. The number of aromatic amines is 1. The molecule has 3 aromatic carbocycles. The van der Waals surface area contributed by atoms with Crippen LogP contribution in [0.3, 0.4) is 0 Å². The van der Waals surface area contributed by atoms with Crippen LogP contribution in [0, 0.1) is 6.92 Å². The summed E-state index contributed by atoms with van der Waals surface area (Å²) >= 11 is 5.99. The maximum Gasteiger partial charge on any atom is 0.138 e. The maximum atomic E-state index is 6.06. The number of H-pyrrole nitrogens is 1. The number of benzene rings is 3. The van der Waals surface area contributed by atoms with Gasteiger partial charge in [-0.25, -0.2) is 4.98 Å². The Morgan fingerprint density at radius 1 is 0.857 bits per heavy atom. The standard InChI is InChI=1S/C24H21ClN2O/c1-16-23(19-8-12-21(25)13-9-19)27-24(26-16)20-10-14-22(15-11-20)28-17(2)18-6-4-3-5-7-18/h3-15,17H,1-2H3,(H,26,27). The van der Waals surface area contributed by atoms with Crippen molar-refractivity contribution in [1.29, 1.82) is 0 Å². The third-order valence-corrected chi connectivity index (χ3v) is 4.98. The molecule has 0 saturated carbocycles. The van der Waals surface area contributed by atoms with Gasteiger partial charge in [-0.05, 0) is 61.4 Å². The van der Waals surface area contributed by atoms with Crippen LogP contribution in [0.4, 0.5) is 0 Å². The number of aromatic nitrogens is 2. The number of hydrogen-bond donors (Lipinski definition) is 1. The molecule has 0 bridgehead atoms. The van der Waals surface area contributed by atoms with E-state index in [9.17, 15) is 0 Å². The Morgan fingerprint density at radius 3 is 2.18 bits per heavy atom. The van der Waals surface area contributed by atoms with Crippen molar-refractivity contribution in [3.8, 4) is 28.4 Å². The van der Waals surface area contributed by atoms with E-state index in [-0.39, 0.29) is 6.10 Å². The SMILES string of the molecule is Cc1nc(-c2ccc(OC(C)c3ccccc3)cc2)[nH]c1-c1ccc(Cl)cc1. The normalized spacial score (nSPS) is 12.0. The fourth-order valence-corrected chi connectivity index (χ4v) is 3.31. The van der Waals surface area contributed by atoms with Crippen LogP contribution < -0.4 is 4.74 Å². The topological polar surface area (TPSA) is 37.9 Å². The van der Waals surface area contributed by atoms with E-state index in [0.29, 0.717) is 0 Å². The average Bonchev–Trinajstić information content (AvgIpc) is 3.11. The van der Waals surface area contributed by atoms with Crippen LogP contribution in [0.1, 0.15) is 24.3 Å². The minimum Gasteiger partial charge on any atom is -0.486 e. The van der Waals surface area contributed by atoms with Gasteiger partial charge in [0.05, 0.1) is 11.4 Å². The summed E-state index contributed by atoms with van der Waals surface area (Å²) in [5.74, 6) is 1.67. The number of halogens is 1. The predicted molar refractivity (Wildman–Crippen MR) is 115 cm³/mol. The molecule has 1 N–H and O–H groups in total. The molecule has 0 spiro atoms. The van der Waals surface area contributed by atoms with Crippen molar-refractivity contribution in [3.05, 3.63) is 95.1 Å². The van der Waals surface area contributed by atoms with E-state index in [1.807, 2.05) is 73.7 Å². The number of nitrogens with zero attached hydrogens (tertiary/aromatic N) is 1. The van der Waals surface area contributed by atoms with Crippen LogP contribution in [0.25, 0.3) is 22.6 Å². The maximum absolute atomic E-state index is 6.06. The molecule has 1 aromatic heterocycles. The van der Waals surface area contributed by atoms with Gasteiger partial charge in [-0.15, -0.1) is 0 Å². The van der Waals surface area contributed by atoms with Crippen LogP contribution in [0.5, 0.6) is 5.75 Å². The summed E-state index contributed by atoms with van der Waals surface area (Å²) in [6, 6.07) is 26.0. The summed E-state index contributed by atoms with van der Waals surface area (Å²) in [5, 5.41) is 0.724. The van der Waals surface area contributed by atoms with E-state index >= 15 is 0 Å². The summed E-state index contributed by atoms with van der Waals surface area (Å²) in [4.78, 5) is 8.11. The van der Waals surface area contributed by atoms with Crippen LogP contribution >= 0.6 is 11.6 Å². The zero-order valence-corrected chi connectivity index (χ0v) is 16.6. The van der Waals surface area contributed by atoms with Crippen LogP contribution in [0.2, 0.25) is 5.02 Å². The van der Waals surface area contributed by atoms with E-state index in [1.54, 1.807) is 0 Å². The first kappa shape index (κ1) is 18.3. The molecule has 0 saturated heterocycles. The third kappa shape index (κ3) is 3.95. The van der Waals surface area contributed by atoms with Gasteiger partial charge in [-0.3, -0.25) is 0 Å². The molecular weight excluding hydrogens is 368 g/mol. The van der Waals surface area contributed by atoms with Crippen molar-refractivity contribution in [1.82, 2.24) is 9.97 Å². The van der Waals surface area contributed by atoms with E-state index < -0.39 is 0 Å². The molecule has 1 heterocycles. The van der Waals surface area contributed by atoms with Crippen LogP contribution in [0.15, 0.2) is 78.9 Å². The Labute approximate surface area is 170 Å². The van der Waals surface area contributed by atoms with Gasteiger partial charge in [-0.2, -0.15) is 0 Å². The molecule has 1 unspecified atom stereocenters. The first-order chi connectivity index (χ1) is 13.6. The lowest BCUT2D eigenvalue weighted by atomic mass is 10.1. The van der Waals surface area contributed by atoms with Gasteiger partial charge in [-0.1, -0.05) is 54.1 Å². The van der Waals surface area contributed by atoms with Crippen molar-refractivity contribution in [2.24, 2.45) is 0 Å². The Balaban J connectivity index is 1.53. The molecule has 0 aliphatic carbocycles. The number of nitrogens with one attached hydrogen (secondary N) is 1. The molecular formula is C24H21ClN2O. The molecule has 4 rings (SSSR count). The molecule has 4 heteroatoms. The van der Waals surface area contributed by atoms with Crippen molar-refractivity contribution in [2.45, 2.75) is 20.0 Å². The zero-order chi connectivity index (χ0) is 19.5. The van der Waals surface area contributed by atoms with E-state index in [1.165, 1.54) is 0 Å². The lowest BCUT2D eigenvalue weighted by Gasteiger charge is -2.15. The highest BCUT2D eigenvalue weighted by molar-refractivity contribution is 6.30. The summed E-state index contributed by atoms with van der Waals surface area (Å²) in [7, 11) is 0. The molecule has 28 heavy (non-hydrogen) atoms. The molecule has 140 valence electrons. The monoisotopic (exact) mass is 388 g/mol. The minimum absolute atomic E-state index is 0.00517. The predicted octanol–water partition coefficient (Wildman–Crippen LogP) is 6.85. The van der Waals surface area contributed by atoms with Gasteiger partial charge in [0, 0.05) is 10.6 Å². The van der Waals surface area contributed by atoms with Crippen molar-refractivity contribution < 1.29 is 4.74 Å². The number of hydrogen-bond acceptors (Lipinski definition) is 2. The Bertz CT molecular complexity index is 1050. The van der Waals surface area contributed by atoms with Gasteiger partial charge in [0.25, 0.3) is 0 Å². The average molecular weight is 389 g/mol. The second-order valence-corrected chi connectivity index (χ2v) is 7.18. The highest BCUT2D eigenvalue weighted by Crippen LogP contribution is 2.28.